The molecule has 5 heteroatoms. The zero-order valence-electron chi connectivity index (χ0n) is 11.0. The van der Waals surface area contributed by atoms with Gasteiger partial charge >= 0.3 is 0 Å². The lowest BCUT2D eigenvalue weighted by molar-refractivity contribution is -0.121. The summed E-state index contributed by atoms with van der Waals surface area (Å²) in [6, 6.07) is 9.33. The molecule has 0 saturated heterocycles. The largest absolute Gasteiger partial charge is 0.369 e. The maximum atomic E-state index is 11.8. The summed E-state index contributed by atoms with van der Waals surface area (Å²) in [6.07, 6.45) is 3.56. The molecule has 0 saturated carbocycles. The minimum atomic E-state index is -0.173. The molecule has 1 aromatic carbocycles. The zero-order valence-corrected chi connectivity index (χ0v) is 11.0. The SMILES string of the molecule is CC(C)OCC(=O)Nc1ccccc1-n1cccn1. The van der Waals surface area contributed by atoms with Crippen LogP contribution in [-0.2, 0) is 9.53 Å². The number of ether oxygens (including phenoxy) is 1. The summed E-state index contributed by atoms with van der Waals surface area (Å²) in [5.74, 6) is -0.173. The summed E-state index contributed by atoms with van der Waals surface area (Å²) < 4.78 is 6.98. The highest BCUT2D eigenvalue weighted by Crippen LogP contribution is 2.18. The van der Waals surface area contributed by atoms with Crippen molar-refractivity contribution in [1.82, 2.24) is 9.78 Å². The van der Waals surface area contributed by atoms with E-state index in [0.29, 0.717) is 5.69 Å². The molecule has 0 aliphatic carbocycles. The van der Waals surface area contributed by atoms with Gasteiger partial charge in [-0.3, -0.25) is 4.79 Å². The number of carbonyl (C=O) groups excluding carboxylic acids is 1. The topological polar surface area (TPSA) is 56.1 Å². The quantitative estimate of drug-likeness (QED) is 0.895. The number of aromatic nitrogens is 2. The minimum absolute atomic E-state index is 0.0344. The molecule has 1 aromatic heterocycles. The Morgan fingerprint density at radius 3 is 2.84 bits per heavy atom. The minimum Gasteiger partial charge on any atom is -0.369 e. The van der Waals surface area contributed by atoms with Gasteiger partial charge in [0.25, 0.3) is 0 Å². The Bertz CT molecular complexity index is 535. The van der Waals surface area contributed by atoms with Crippen LogP contribution in [-0.4, -0.2) is 28.4 Å². The average Bonchev–Trinajstić information content (AvgIpc) is 2.91. The van der Waals surface area contributed by atoms with Gasteiger partial charge in [0, 0.05) is 12.4 Å². The van der Waals surface area contributed by atoms with Gasteiger partial charge < -0.3 is 10.1 Å². The molecule has 2 rings (SSSR count). The molecule has 100 valence electrons. The lowest BCUT2D eigenvalue weighted by Crippen LogP contribution is -2.21. The standard InChI is InChI=1S/C14H17N3O2/c1-11(2)19-10-14(18)16-12-6-3-4-7-13(12)17-9-5-8-15-17/h3-9,11H,10H2,1-2H3,(H,16,18). The van der Waals surface area contributed by atoms with Crippen molar-refractivity contribution in [3.05, 3.63) is 42.7 Å². The third-order valence-electron chi connectivity index (χ3n) is 2.48. The molecular weight excluding hydrogens is 242 g/mol. The van der Waals surface area contributed by atoms with Crippen LogP contribution in [0, 0.1) is 0 Å². The molecule has 2 aromatic rings. The van der Waals surface area contributed by atoms with Crippen LogP contribution in [0.5, 0.6) is 0 Å². The van der Waals surface area contributed by atoms with Gasteiger partial charge in [-0.25, -0.2) is 4.68 Å². The fourth-order valence-electron chi connectivity index (χ4n) is 1.62. The van der Waals surface area contributed by atoms with Crippen molar-refractivity contribution in [2.75, 3.05) is 11.9 Å². The molecule has 19 heavy (non-hydrogen) atoms. The number of hydrogen-bond acceptors (Lipinski definition) is 3. The van der Waals surface area contributed by atoms with Crippen molar-refractivity contribution >= 4 is 11.6 Å². The predicted molar refractivity (Wildman–Crippen MR) is 73.3 cm³/mol. The number of anilines is 1. The molecule has 0 atom stereocenters. The summed E-state index contributed by atoms with van der Waals surface area (Å²) in [5, 5.41) is 6.99. The first-order chi connectivity index (χ1) is 9.16. The number of nitrogens with one attached hydrogen (secondary N) is 1. The van der Waals surface area contributed by atoms with Crippen molar-refractivity contribution in [1.29, 1.82) is 0 Å². The summed E-state index contributed by atoms with van der Waals surface area (Å²) in [4.78, 5) is 11.8. The number of benzene rings is 1. The number of hydrogen-bond donors (Lipinski definition) is 1. The fourth-order valence-corrected chi connectivity index (χ4v) is 1.62. The van der Waals surface area contributed by atoms with E-state index in [0.717, 1.165) is 5.69 Å². The summed E-state index contributed by atoms with van der Waals surface area (Å²) >= 11 is 0. The Hall–Kier alpha value is -2.14. The molecular formula is C14H17N3O2. The smallest absolute Gasteiger partial charge is 0.250 e. The van der Waals surface area contributed by atoms with E-state index in [1.165, 1.54) is 0 Å². The highest BCUT2D eigenvalue weighted by molar-refractivity contribution is 5.93. The van der Waals surface area contributed by atoms with E-state index in [9.17, 15) is 4.79 Å². The monoisotopic (exact) mass is 259 g/mol. The van der Waals surface area contributed by atoms with Crippen LogP contribution in [0.15, 0.2) is 42.7 Å². The first kappa shape index (κ1) is 13.3. The van der Waals surface area contributed by atoms with Crippen molar-refractivity contribution in [3.8, 4) is 5.69 Å². The van der Waals surface area contributed by atoms with Crippen LogP contribution in [0.4, 0.5) is 5.69 Å². The number of amides is 1. The van der Waals surface area contributed by atoms with Crippen LogP contribution in [0.25, 0.3) is 5.69 Å². The van der Waals surface area contributed by atoms with E-state index in [4.69, 9.17) is 4.74 Å². The van der Waals surface area contributed by atoms with E-state index in [1.54, 1.807) is 10.9 Å². The van der Waals surface area contributed by atoms with Crippen molar-refractivity contribution in [2.45, 2.75) is 20.0 Å². The van der Waals surface area contributed by atoms with Crippen LogP contribution in [0.2, 0.25) is 0 Å². The van der Waals surface area contributed by atoms with E-state index >= 15 is 0 Å². The second-order valence-electron chi connectivity index (χ2n) is 4.38. The Kier molecular flexibility index (Phi) is 4.30. The molecule has 5 nitrogen and oxygen atoms in total. The van der Waals surface area contributed by atoms with Crippen LogP contribution in [0.3, 0.4) is 0 Å². The van der Waals surface area contributed by atoms with E-state index in [1.807, 2.05) is 50.4 Å². The van der Waals surface area contributed by atoms with Gasteiger partial charge in [-0.15, -0.1) is 0 Å². The third-order valence-corrected chi connectivity index (χ3v) is 2.48. The number of rotatable bonds is 5. The van der Waals surface area contributed by atoms with Gasteiger partial charge in [0.15, 0.2) is 0 Å². The second-order valence-corrected chi connectivity index (χ2v) is 4.38. The Balaban J connectivity index is 2.10. The maximum absolute atomic E-state index is 11.8. The van der Waals surface area contributed by atoms with Gasteiger partial charge in [0.05, 0.1) is 17.5 Å². The van der Waals surface area contributed by atoms with Crippen LogP contribution < -0.4 is 5.32 Å². The van der Waals surface area contributed by atoms with E-state index in [-0.39, 0.29) is 18.6 Å². The highest BCUT2D eigenvalue weighted by atomic mass is 16.5. The Morgan fingerprint density at radius 1 is 1.37 bits per heavy atom. The van der Waals surface area contributed by atoms with Crippen molar-refractivity contribution < 1.29 is 9.53 Å². The molecule has 0 fully saturated rings. The molecule has 1 N–H and O–H groups in total. The van der Waals surface area contributed by atoms with Gasteiger partial charge in [-0.1, -0.05) is 12.1 Å². The van der Waals surface area contributed by atoms with Crippen molar-refractivity contribution in [2.24, 2.45) is 0 Å². The average molecular weight is 259 g/mol. The molecule has 1 amide bonds. The molecule has 0 spiro atoms. The third kappa shape index (κ3) is 3.66. The Morgan fingerprint density at radius 2 is 2.16 bits per heavy atom. The molecule has 0 aliphatic heterocycles. The number of carbonyl (C=O) groups is 1. The fraction of sp³-hybridized carbons (Fsp3) is 0.286. The first-order valence-corrected chi connectivity index (χ1v) is 6.17. The van der Waals surface area contributed by atoms with E-state index in [2.05, 4.69) is 10.4 Å². The summed E-state index contributed by atoms with van der Waals surface area (Å²) in [5.41, 5.74) is 1.54. The lowest BCUT2D eigenvalue weighted by atomic mass is 10.2. The molecule has 0 aliphatic rings. The second kappa shape index (κ2) is 6.15. The summed E-state index contributed by atoms with van der Waals surface area (Å²) in [6.45, 7) is 3.83. The Labute approximate surface area is 112 Å². The molecule has 0 radical (unpaired) electrons. The van der Waals surface area contributed by atoms with Crippen LogP contribution in [0.1, 0.15) is 13.8 Å². The number of nitrogens with zero attached hydrogens (tertiary/aromatic N) is 2. The van der Waals surface area contributed by atoms with E-state index < -0.39 is 0 Å². The van der Waals surface area contributed by atoms with Crippen LogP contribution >= 0.6 is 0 Å². The van der Waals surface area contributed by atoms with Crippen molar-refractivity contribution in [3.63, 3.8) is 0 Å². The maximum Gasteiger partial charge on any atom is 0.250 e. The predicted octanol–water partition coefficient (Wildman–Crippen LogP) is 2.24. The zero-order chi connectivity index (χ0) is 13.7. The van der Waals surface area contributed by atoms with Gasteiger partial charge in [-0.2, -0.15) is 5.10 Å². The molecule has 0 bridgehead atoms. The normalized spacial score (nSPS) is 10.7. The highest BCUT2D eigenvalue weighted by Gasteiger charge is 2.08. The summed E-state index contributed by atoms with van der Waals surface area (Å²) in [7, 11) is 0. The number of para-hydroxylation sites is 2. The lowest BCUT2D eigenvalue weighted by Gasteiger charge is -2.12. The van der Waals surface area contributed by atoms with Gasteiger partial charge in [0.2, 0.25) is 5.91 Å². The molecule has 0 unspecified atom stereocenters. The first-order valence-electron chi connectivity index (χ1n) is 6.17. The van der Waals surface area contributed by atoms with Gasteiger partial charge in [0.1, 0.15) is 6.61 Å². The molecule has 1 heterocycles. The van der Waals surface area contributed by atoms with Gasteiger partial charge in [-0.05, 0) is 32.0 Å².